The molecule has 1 aromatic carbocycles. The lowest BCUT2D eigenvalue weighted by molar-refractivity contribution is -0.155. The maximum Gasteiger partial charge on any atom is 0.401 e. The van der Waals surface area contributed by atoms with Gasteiger partial charge in [-0.05, 0) is 42.7 Å². The first-order valence-electron chi connectivity index (χ1n) is 10.9. The van der Waals surface area contributed by atoms with E-state index in [-0.39, 0.29) is 36.9 Å². The van der Waals surface area contributed by atoms with Crippen molar-refractivity contribution in [1.29, 1.82) is 0 Å². The number of aromatic nitrogens is 1. The zero-order valence-electron chi connectivity index (χ0n) is 18.4. The lowest BCUT2D eigenvalue weighted by Gasteiger charge is -2.48. The van der Waals surface area contributed by atoms with Gasteiger partial charge in [0.25, 0.3) is 5.91 Å². The molecular formula is C23H23F4N5O2. The van der Waals surface area contributed by atoms with E-state index in [1.807, 2.05) is 0 Å². The summed E-state index contributed by atoms with van der Waals surface area (Å²) in [5.41, 5.74) is 4.97. The molecule has 0 bridgehead atoms. The van der Waals surface area contributed by atoms with Crippen LogP contribution in [0.4, 0.5) is 17.6 Å². The monoisotopic (exact) mass is 477 g/mol. The number of likely N-dealkylation sites (tertiary alicyclic amines) is 1. The molecule has 1 saturated heterocycles. The quantitative estimate of drug-likeness (QED) is 0.531. The van der Waals surface area contributed by atoms with E-state index in [0.717, 1.165) is 0 Å². The van der Waals surface area contributed by atoms with Crippen LogP contribution in [0.5, 0.6) is 5.75 Å². The number of benzene rings is 1. The Morgan fingerprint density at radius 2 is 1.94 bits per heavy atom. The van der Waals surface area contributed by atoms with Gasteiger partial charge in [-0.2, -0.15) is 17.6 Å². The fraction of sp³-hybridized carbons (Fsp3) is 0.435. The van der Waals surface area contributed by atoms with Gasteiger partial charge in [-0.3, -0.25) is 14.6 Å². The van der Waals surface area contributed by atoms with Gasteiger partial charge in [0.2, 0.25) is 5.95 Å². The van der Waals surface area contributed by atoms with E-state index in [9.17, 15) is 22.4 Å². The number of nitrogens with two attached hydrogens (primary N) is 1. The van der Waals surface area contributed by atoms with Gasteiger partial charge in [-0.1, -0.05) is 6.07 Å². The second kappa shape index (κ2) is 7.66. The van der Waals surface area contributed by atoms with E-state index < -0.39 is 29.8 Å². The van der Waals surface area contributed by atoms with Crippen LogP contribution < -0.4 is 10.5 Å². The smallest absolute Gasteiger partial charge is 0.401 e. The summed E-state index contributed by atoms with van der Waals surface area (Å²) in [6.45, 7) is -0.641. The highest BCUT2D eigenvalue weighted by Gasteiger charge is 2.58. The summed E-state index contributed by atoms with van der Waals surface area (Å²) < 4.78 is 59.3. The maximum absolute atomic E-state index is 14.4. The lowest BCUT2D eigenvalue weighted by Crippen LogP contribution is -2.56. The summed E-state index contributed by atoms with van der Waals surface area (Å²) in [5, 5.41) is 0. The van der Waals surface area contributed by atoms with Crippen LogP contribution in [0.3, 0.4) is 0 Å². The number of rotatable bonds is 2. The molecule has 1 atom stereocenters. The number of amides is 1. The van der Waals surface area contributed by atoms with Crippen molar-refractivity contribution < 1.29 is 27.1 Å². The van der Waals surface area contributed by atoms with Crippen LogP contribution in [-0.2, 0) is 10.3 Å². The Kier molecular flexibility index (Phi) is 5.08. The number of guanidine groups is 1. The minimum Gasteiger partial charge on any atom is -0.487 e. The van der Waals surface area contributed by atoms with E-state index in [1.165, 1.54) is 23.0 Å². The molecule has 5 rings (SSSR count). The Morgan fingerprint density at radius 3 is 2.56 bits per heavy atom. The fourth-order valence-corrected chi connectivity index (χ4v) is 5.18. The summed E-state index contributed by atoms with van der Waals surface area (Å²) >= 11 is 0. The molecule has 1 aromatic heterocycles. The predicted molar refractivity (Wildman–Crippen MR) is 115 cm³/mol. The number of fused-ring (bicyclic) bond motifs is 2. The normalized spacial score (nSPS) is 24.3. The SMILES string of the molecule is CN1C(=O)C2(CC3(CCN(CC(F)(F)F)CC3)Oc3ccc(-c4cccnc4F)cc32)N=C1N. The van der Waals surface area contributed by atoms with Crippen LogP contribution in [0, 0.1) is 5.95 Å². The largest absolute Gasteiger partial charge is 0.487 e. The molecule has 1 amide bonds. The van der Waals surface area contributed by atoms with E-state index in [4.69, 9.17) is 10.5 Å². The third-order valence-corrected chi connectivity index (χ3v) is 6.88. The predicted octanol–water partition coefficient (Wildman–Crippen LogP) is 3.05. The van der Waals surface area contributed by atoms with Crippen molar-refractivity contribution in [2.45, 2.75) is 36.6 Å². The van der Waals surface area contributed by atoms with Gasteiger partial charge >= 0.3 is 6.18 Å². The Labute approximate surface area is 193 Å². The molecule has 0 saturated carbocycles. The van der Waals surface area contributed by atoms with Crippen LogP contribution in [-0.4, -0.2) is 65.1 Å². The van der Waals surface area contributed by atoms with Crippen molar-refractivity contribution in [3.05, 3.63) is 48.0 Å². The molecule has 4 heterocycles. The van der Waals surface area contributed by atoms with Gasteiger partial charge in [0.05, 0.1) is 6.54 Å². The highest BCUT2D eigenvalue weighted by atomic mass is 19.4. The molecule has 34 heavy (non-hydrogen) atoms. The van der Waals surface area contributed by atoms with E-state index in [2.05, 4.69) is 9.98 Å². The number of halogens is 4. The summed E-state index contributed by atoms with van der Waals surface area (Å²) in [6.07, 6.45) is -2.20. The Balaban J connectivity index is 1.55. The second-order valence-corrected chi connectivity index (χ2v) is 9.10. The highest BCUT2D eigenvalue weighted by molar-refractivity contribution is 6.07. The van der Waals surface area contributed by atoms with Crippen molar-refractivity contribution in [2.24, 2.45) is 10.7 Å². The number of carbonyl (C=O) groups is 1. The minimum atomic E-state index is -4.29. The van der Waals surface area contributed by atoms with E-state index in [1.54, 1.807) is 30.3 Å². The molecule has 0 radical (unpaired) electrons. The molecule has 1 unspecified atom stereocenters. The molecule has 3 aliphatic heterocycles. The number of likely N-dealkylation sites (N-methyl/N-ethyl adjacent to an activating group) is 1. The first kappa shape index (κ1) is 22.6. The average Bonchev–Trinajstić information content (AvgIpc) is 2.99. The summed E-state index contributed by atoms with van der Waals surface area (Å²) in [5.74, 6) is -0.570. The first-order chi connectivity index (χ1) is 16.0. The number of carbonyl (C=O) groups excluding carboxylic acids is 1. The second-order valence-electron chi connectivity index (χ2n) is 9.10. The standard InChI is InChI=1S/C23H23F4N5O2/c1-31-19(33)22(30-20(31)28)12-21(6-9-32(10-7-21)13-23(25,26)27)34-17-5-4-14(11-16(17)22)15-3-2-8-29-18(15)24/h2-5,8,11H,6-7,9-10,12-13H2,1H3,(H2,28,30). The number of alkyl halides is 3. The van der Waals surface area contributed by atoms with E-state index in [0.29, 0.717) is 29.7 Å². The third-order valence-electron chi connectivity index (χ3n) is 6.88. The topological polar surface area (TPSA) is 84.0 Å². The molecule has 1 fully saturated rings. The highest BCUT2D eigenvalue weighted by Crippen LogP contribution is 2.52. The van der Waals surface area contributed by atoms with Crippen LogP contribution in [0.15, 0.2) is 41.5 Å². The fourth-order valence-electron chi connectivity index (χ4n) is 5.18. The van der Waals surface area contributed by atoms with Crippen molar-refractivity contribution in [3.8, 4) is 16.9 Å². The number of pyridine rings is 1. The lowest BCUT2D eigenvalue weighted by atomic mass is 9.72. The molecule has 3 aliphatic rings. The zero-order valence-corrected chi connectivity index (χ0v) is 18.4. The van der Waals surface area contributed by atoms with Crippen LogP contribution in [0.1, 0.15) is 24.8 Å². The molecule has 180 valence electrons. The molecule has 2 aromatic rings. The van der Waals surface area contributed by atoms with Gasteiger partial charge in [-0.15, -0.1) is 0 Å². The molecule has 2 spiro atoms. The zero-order chi connectivity index (χ0) is 24.3. The van der Waals surface area contributed by atoms with Gasteiger partial charge in [-0.25, -0.2) is 9.98 Å². The summed E-state index contributed by atoms with van der Waals surface area (Å²) in [7, 11) is 1.52. The van der Waals surface area contributed by atoms with Gasteiger partial charge in [0.15, 0.2) is 11.5 Å². The third kappa shape index (κ3) is 3.67. The van der Waals surface area contributed by atoms with Crippen LogP contribution in [0.25, 0.3) is 11.1 Å². The number of ether oxygens (including phenoxy) is 1. The minimum absolute atomic E-state index is 0.0421. The molecule has 7 nitrogen and oxygen atoms in total. The number of hydrogen-bond acceptors (Lipinski definition) is 6. The maximum atomic E-state index is 14.4. The Hall–Kier alpha value is -3.21. The van der Waals surface area contributed by atoms with Crippen molar-refractivity contribution in [2.75, 3.05) is 26.7 Å². The van der Waals surface area contributed by atoms with Crippen molar-refractivity contribution in [1.82, 2.24) is 14.8 Å². The first-order valence-corrected chi connectivity index (χ1v) is 10.9. The van der Waals surface area contributed by atoms with Crippen molar-refractivity contribution in [3.63, 3.8) is 0 Å². The molecule has 2 N–H and O–H groups in total. The Morgan fingerprint density at radius 1 is 1.21 bits per heavy atom. The van der Waals surface area contributed by atoms with Gasteiger partial charge in [0.1, 0.15) is 11.4 Å². The average molecular weight is 477 g/mol. The summed E-state index contributed by atoms with van der Waals surface area (Å²) in [6, 6.07) is 8.17. The molecular weight excluding hydrogens is 454 g/mol. The number of piperidine rings is 1. The van der Waals surface area contributed by atoms with Crippen LogP contribution in [0.2, 0.25) is 0 Å². The molecule has 0 aliphatic carbocycles. The molecule has 11 heteroatoms. The van der Waals surface area contributed by atoms with Crippen LogP contribution >= 0.6 is 0 Å². The van der Waals surface area contributed by atoms with Gasteiger partial charge in [0, 0.05) is 43.9 Å². The number of nitrogens with zero attached hydrogens (tertiary/aromatic N) is 4. The van der Waals surface area contributed by atoms with Gasteiger partial charge < -0.3 is 10.5 Å². The summed E-state index contributed by atoms with van der Waals surface area (Å²) in [4.78, 5) is 24.3. The van der Waals surface area contributed by atoms with E-state index >= 15 is 0 Å². The van der Waals surface area contributed by atoms with Crippen molar-refractivity contribution >= 4 is 11.9 Å². The number of hydrogen-bond donors (Lipinski definition) is 1. The Bertz CT molecular complexity index is 1180. The number of aliphatic imine (C=N–C) groups is 1.